The van der Waals surface area contributed by atoms with Gasteiger partial charge in [0.1, 0.15) is 21.8 Å². The first-order chi connectivity index (χ1) is 16.4. The maximum atomic E-state index is 13.4. The highest BCUT2D eigenvalue weighted by Crippen LogP contribution is 2.17. The normalized spacial score (nSPS) is 11.2. The summed E-state index contributed by atoms with van der Waals surface area (Å²) in [4.78, 5) is 31.3. The number of hydrogen-bond acceptors (Lipinski definition) is 7. The Balaban J connectivity index is 1.71. The topological polar surface area (TPSA) is 118 Å². The molecular weight excluding hydrogens is 450 g/mol. The molecule has 0 bridgehead atoms. The number of aromatic nitrogens is 5. The molecule has 0 aliphatic heterocycles. The van der Waals surface area contributed by atoms with Crippen LogP contribution in [0.1, 0.15) is 26.5 Å². The number of nitrogens with one attached hydrogen (secondary N) is 2. The minimum absolute atomic E-state index is 0.0213. The van der Waals surface area contributed by atoms with E-state index in [0.29, 0.717) is 34.4 Å². The highest BCUT2D eigenvalue weighted by Gasteiger charge is 2.19. The molecule has 170 valence electrons. The third-order valence-corrected chi connectivity index (χ3v) is 6.35. The minimum Gasteiger partial charge on any atom is -0.310 e. The Labute approximate surface area is 197 Å². The molecule has 4 aromatic heterocycles. The Bertz CT molecular complexity index is 1670. The largest absolute Gasteiger partial charge is 0.310 e. The Hall–Kier alpha value is -4.18. The van der Waals surface area contributed by atoms with Crippen LogP contribution in [0, 0.1) is 19.3 Å². The zero-order chi connectivity index (χ0) is 23.8. The fraction of sp³-hybridized carbons (Fsp3) is 0.167. The van der Waals surface area contributed by atoms with Crippen molar-refractivity contribution in [3.05, 3.63) is 92.3 Å². The van der Waals surface area contributed by atoms with Crippen LogP contribution in [-0.4, -0.2) is 30.1 Å². The van der Waals surface area contributed by atoms with Crippen LogP contribution in [0.5, 0.6) is 0 Å². The number of amides is 1. The van der Waals surface area contributed by atoms with E-state index >= 15 is 0 Å². The van der Waals surface area contributed by atoms with Crippen molar-refractivity contribution in [3.63, 3.8) is 0 Å². The lowest BCUT2D eigenvalue weighted by Crippen LogP contribution is -2.32. The molecule has 0 radical (unpaired) electrons. The number of carbonyl (C=O) groups excluding carboxylic acids is 1. The molecule has 0 spiro atoms. The molecule has 0 fully saturated rings. The van der Waals surface area contributed by atoms with E-state index in [1.54, 1.807) is 23.8 Å². The summed E-state index contributed by atoms with van der Waals surface area (Å²) in [7, 11) is 0. The van der Waals surface area contributed by atoms with Gasteiger partial charge >= 0.3 is 0 Å². The predicted octanol–water partition coefficient (Wildman–Crippen LogP) is 3.09. The third-order valence-electron chi connectivity index (χ3n) is 5.59. The Kier molecular flexibility index (Phi) is 5.50. The number of rotatable bonds is 5. The SMILES string of the molecule is Cc1nnc(NC(=O)c2cc3c(=O)n4cccc(C)c4nc3n(CCc3ccccc3)c2=N)s1. The van der Waals surface area contributed by atoms with Gasteiger partial charge in [-0.15, -0.1) is 10.2 Å². The molecule has 0 saturated carbocycles. The number of aryl methyl sites for hydroxylation is 4. The summed E-state index contributed by atoms with van der Waals surface area (Å²) in [5.74, 6) is -0.523. The Morgan fingerprint density at radius 1 is 1.09 bits per heavy atom. The zero-order valence-electron chi connectivity index (χ0n) is 18.6. The molecule has 0 unspecified atom stereocenters. The fourth-order valence-corrected chi connectivity index (χ4v) is 4.47. The molecule has 34 heavy (non-hydrogen) atoms. The average Bonchev–Trinajstić information content (AvgIpc) is 3.24. The van der Waals surface area contributed by atoms with Crippen LogP contribution < -0.4 is 16.4 Å². The summed E-state index contributed by atoms with van der Waals surface area (Å²) >= 11 is 1.24. The van der Waals surface area contributed by atoms with Gasteiger partial charge in [-0.3, -0.25) is 24.7 Å². The van der Waals surface area contributed by atoms with Crippen molar-refractivity contribution < 1.29 is 4.79 Å². The third kappa shape index (κ3) is 3.88. The molecule has 1 amide bonds. The standard InChI is InChI=1S/C24H21N7O2S/c1-14-7-6-11-31-20(14)26-21-18(23(31)33)13-17(22(32)27-24-29-28-15(2)34-24)19(25)30(21)12-10-16-8-4-3-5-9-16/h3-9,11,13,25H,10,12H2,1-2H3,(H,27,29,32). The second-order valence-corrected chi connectivity index (χ2v) is 9.09. The molecule has 9 nitrogen and oxygen atoms in total. The maximum Gasteiger partial charge on any atom is 0.267 e. The van der Waals surface area contributed by atoms with Gasteiger partial charge in [0.15, 0.2) is 0 Å². The van der Waals surface area contributed by atoms with Crippen molar-refractivity contribution in [2.24, 2.45) is 0 Å². The molecule has 4 heterocycles. The van der Waals surface area contributed by atoms with Gasteiger partial charge in [0.25, 0.3) is 11.5 Å². The molecule has 0 atom stereocenters. The van der Waals surface area contributed by atoms with Crippen LogP contribution in [0.2, 0.25) is 0 Å². The van der Waals surface area contributed by atoms with Gasteiger partial charge in [-0.2, -0.15) is 0 Å². The van der Waals surface area contributed by atoms with Gasteiger partial charge in [0, 0.05) is 12.7 Å². The monoisotopic (exact) mass is 471 g/mol. The lowest BCUT2D eigenvalue weighted by molar-refractivity contribution is 0.102. The quantitative estimate of drug-likeness (QED) is 0.382. The highest BCUT2D eigenvalue weighted by molar-refractivity contribution is 7.15. The van der Waals surface area contributed by atoms with Gasteiger partial charge in [0.05, 0.1) is 10.9 Å². The van der Waals surface area contributed by atoms with E-state index in [4.69, 9.17) is 10.4 Å². The lowest BCUT2D eigenvalue weighted by atomic mass is 10.1. The second kappa shape index (κ2) is 8.64. The maximum absolute atomic E-state index is 13.4. The van der Waals surface area contributed by atoms with E-state index in [1.807, 2.05) is 43.3 Å². The van der Waals surface area contributed by atoms with Crippen molar-refractivity contribution >= 4 is 39.1 Å². The highest BCUT2D eigenvalue weighted by atomic mass is 32.1. The minimum atomic E-state index is -0.523. The van der Waals surface area contributed by atoms with E-state index in [0.717, 1.165) is 11.1 Å². The number of hydrogen-bond donors (Lipinski definition) is 2. The molecule has 2 N–H and O–H groups in total. The summed E-state index contributed by atoms with van der Waals surface area (Å²) in [5.41, 5.74) is 2.58. The zero-order valence-corrected chi connectivity index (χ0v) is 19.4. The predicted molar refractivity (Wildman–Crippen MR) is 130 cm³/mol. The summed E-state index contributed by atoms with van der Waals surface area (Å²) < 4.78 is 3.11. The van der Waals surface area contributed by atoms with Gasteiger partial charge in [0.2, 0.25) is 5.13 Å². The van der Waals surface area contributed by atoms with E-state index in [-0.39, 0.29) is 22.0 Å². The van der Waals surface area contributed by atoms with Crippen LogP contribution in [0.25, 0.3) is 16.7 Å². The van der Waals surface area contributed by atoms with Gasteiger partial charge < -0.3 is 4.57 Å². The van der Waals surface area contributed by atoms with Crippen molar-refractivity contribution in [3.8, 4) is 0 Å². The number of fused-ring (bicyclic) bond motifs is 2. The molecule has 5 aromatic rings. The van der Waals surface area contributed by atoms with Crippen LogP contribution in [0.3, 0.4) is 0 Å². The number of anilines is 1. The number of carbonyl (C=O) groups is 1. The number of benzene rings is 1. The van der Waals surface area contributed by atoms with Crippen molar-refractivity contribution in [1.29, 1.82) is 5.41 Å². The van der Waals surface area contributed by atoms with E-state index in [2.05, 4.69) is 15.5 Å². The Morgan fingerprint density at radius 2 is 1.88 bits per heavy atom. The summed E-state index contributed by atoms with van der Waals surface area (Å²) in [6, 6.07) is 15.0. The van der Waals surface area contributed by atoms with Gasteiger partial charge in [-0.05, 0) is 43.5 Å². The number of pyridine rings is 2. The fourth-order valence-electron chi connectivity index (χ4n) is 3.88. The smallest absolute Gasteiger partial charge is 0.267 e. The van der Waals surface area contributed by atoms with Crippen LogP contribution in [0.15, 0.2) is 59.5 Å². The first-order valence-electron chi connectivity index (χ1n) is 10.7. The molecule has 0 aliphatic carbocycles. The van der Waals surface area contributed by atoms with Crippen LogP contribution in [0.4, 0.5) is 5.13 Å². The molecule has 10 heteroatoms. The van der Waals surface area contributed by atoms with Gasteiger partial charge in [-0.25, -0.2) is 4.98 Å². The summed E-state index contributed by atoms with van der Waals surface area (Å²) in [6.45, 7) is 4.05. The molecular formula is C24H21N7O2S. The molecule has 0 aliphatic rings. The molecule has 5 rings (SSSR count). The van der Waals surface area contributed by atoms with E-state index in [1.165, 1.54) is 21.8 Å². The molecule has 1 aromatic carbocycles. The van der Waals surface area contributed by atoms with Crippen LogP contribution >= 0.6 is 11.3 Å². The average molecular weight is 472 g/mol. The Morgan fingerprint density at radius 3 is 2.62 bits per heavy atom. The summed E-state index contributed by atoms with van der Waals surface area (Å²) in [6.07, 6.45) is 2.27. The summed E-state index contributed by atoms with van der Waals surface area (Å²) in [5, 5.41) is 20.7. The first-order valence-corrected chi connectivity index (χ1v) is 11.5. The first kappa shape index (κ1) is 21.7. The second-order valence-electron chi connectivity index (χ2n) is 7.91. The lowest BCUT2D eigenvalue weighted by Gasteiger charge is -2.15. The molecule has 0 saturated heterocycles. The van der Waals surface area contributed by atoms with Gasteiger partial charge in [-0.1, -0.05) is 47.7 Å². The van der Waals surface area contributed by atoms with E-state index in [9.17, 15) is 9.59 Å². The van der Waals surface area contributed by atoms with Crippen molar-refractivity contribution in [2.75, 3.05) is 5.32 Å². The van der Waals surface area contributed by atoms with Crippen molar-refractivity contribution in [1.82, 2.24) is 24.1 Å². The van der Waals surface area contributed by atoms with E-state index < -0.39 is 5.91 Å². The van der Waals surface area contributed by atoms with Crippen LogP contribution in [-0.2, 0) is 13.0 Å². The van der Waals surface area contributed by atoms with Crippen molar-refractivity contribution in [2.45, 2.75) is 26.8 Å². The number of nitrogens with zero attached hydrogens (tertiary/aromatic N) is 5.